The van der Waals surface area contributed by atoms with Crippen molar-refractivity contribution in [1.82, 2.24) is 0 Å². The summed E-state index contributed by atoms with van der Waals surface area (Å²) in [6, 6.07) is 0. The molecule has 0 N–H and O–H groups in total. The molecule has 3 atom stereocenters. The monoisotopic (exact) mass is 180 g/mol. The Morgan fingerprint density at radius 2 is 1.77 bits per heavy atom. The van der Waals surface area contributed by atoms with Gasteiger partial charge in [-0.1, -0.05) is 40.0 Å². The number of hydrogen-bond donors (Lipinski definition) is 0. The van der Waals surface area contributed by atoms with E-state index in [0.717, 1.165) is 17.8 Å². The average Bonchev–Trinajstić information content (AvgIpc) is 1.99. The van der Waals surface area contributed by atoms with E-state index in [0.29, 0.717) is 5.41 Å². The summed E-state index contributed by atoms with van der Waals surface area (Å²) < 4.78 is 0. The van der Waals surface area contributed by atoms with Crippen LogP contribution in [-0.2, 0) is 0 Å². The molecule has 3 unspecified atom stereocenters. The molecule has 0 heterocycles. The summed E-state index contributed by atoms with van der Waals surface area (Å²) in [6.45, 7) is 7.18. The van der Waals surface area contributed by atoms with E-state index in [1.807, 2.05) is 0 Å². The van der Waals surface area contributed by atoms with Gasteiger partial charge in [0.25, 0.3) is 0 Å². The third-order valence-corrected chi connectivity index (χ3v) is 4.05. The number of fused-ring (bicyclic) bond motifs is 1. The normalized spacial score (nSPS) is 39.5. The lowest BCUT2D eigenvalue weighted by Crippen LogP contribution is -2.40. The Bertz CT molecular complexity index is 175. The van der Waals surface area contributed by atoms with Gasteiger partial charge in [-0.2, -0.15) is 0 Å². The zero-order chi connectivity index (χ0) is 9.47. The van der Waals surface area contributed by atoms with Crippen LogP contribution in [0, 0.1) is 23.2 Å². The predicted molar refractivity (Wildman–Crippen MR) is 57.6 cm³/mol. The SMILES string of the molecule is CC(C)(C)CC1CC2CCCCC21. The molecule has 0 amide bonds. The summed E-state index contributed by atoms with van der Waals surface area (Å²) in [5.74, 6) is 3.36. The van der Waals surface area contributed by atoms with Crippen molar-refractivity contribution < 1.29 is 0 Å². The molecule has 76 valence electrons. The molecule has 0 aromatic heterocycles. The Kier molecular flexibility index (Phi) is 2.42. The zero-order valence-electron chi connectivity index (χ0n) is 9.47. The quantitative estimate of drug-likeness (QED) is 0.566. The Labute approximate surface area is 83.1 Å². The highest BCUT2D eigenvalue weighted by Gasteiger charge is 2.42. The van der Waals surface area contributed by atoms with Crippen molar-refractivity contribution in [2.24, 2.45) is 23.2 Å². The zero-order valence-corrected chi connectivity index (χ0v) is 9.47. The fourth-order valence-electron chi connectivity index (χ4n) is 3.54. The van der Waals surface area contributed by atoms with Gasteiger partial charge in [0.15, 0.2) is 0 Å². The molecule has 0 nitrogen and oxygen atoms in total. The number of rotatable bonds is 1. The van der Waals surface area contributed by atoms with Crippen molar-refractivity contribution in [3.8, 4) is 0 Å². The van der Waals surface area contributed by atoms with Crippen molar-refractivity contribution in [3.63, 3.8) is 0 Å². The Morgan fingerprint density at radius 3 is 2.38 bits per heavy atom. The molecule has 2 fully saturated rings. The van der Waals surface area contributed by atoms with Crippen molar-refractivity contribution in [1.29, 1.82) is 0 Å². The summed E-state index contributed by atoms with van der Waals surface area (Å²) in [5.41, 5.74) is 0.563. The molecule has 2 rings (SSSR count). The minimum Gasteiger partial charge on any atom is -0.0602 e. The smallest absolute Gasteiger partial charge is 0.0357 e. The molecule has 2 saturated carbocycles. The first kappa shape index (κ1) is 9.55. The van der Waals surface area contributed by atoms with Gasteiger partial charge >= 0.3 is 0 Å². The Balaban J connectivity index is 1.84. The molecule has 0 bridgehead atoms. The third kappa shape index (κ3) is 2.08. The van der Waals surface area contributed by atoms with E-state index in [1.165, 1.54) is 19.3 Å². The van der Waals surface area contributed by atoms with E-state index < -0.39 is 0 Å². The third-order valence-electron chi connectivity index (χ3n) is 4.05. The fourth-order valence-corrected chi connectivity index (χ4v) is 3.54. The van der Waals surface area contributed by atoms with E-state index in [4.69, 9.17) is 0 Å². The molecular formula is C13H24. The first-order valence-corrected chi connectivity index (χ1v) is 6.06. The summed E-state index contributed by atoms with van der Waals surface area (Å²) >= 11 is 0. The predicted octanol–water partition coefficient (Wildman–Crippen LogP) is 4.25. The molecule has 0 aliphatic heterocycles. The van der Waals surface area contributed by atoms with E-state index in [1.54, 1.807) is 19.3 Å². The second kappa shape index (κ2) is 3.29. The second-order valence-electron chi connectivity index (χ2n) is 6.47. The molecule has 0 saturated heterocycles. The van der Waals surface area contributed by atoms with E-state index in [9.17, 15) is 0 Å². The molecular weight excluding hydrogens is 156 g/mol. The molecule has 2 aliphatic rings. The highest BCUT2D eigenvalue weighted by molar-refractivity contribution is 4.92. The lowest BCUT2D eigenvalue weighted by atomic mass is 9.56. The summed E-state index contributed by atoms with van der Waals surface area (Å²) in [7, 11) is 0. The average molecular weight is 180 g/mol. The highest BCUT2D eigenvalue weighted by atomic mass is 14.5. The van der Waals surface area contributed by atoms with Gasteiger partial charge < -0.3 is 0 Å². The lowest BCUT2D eigenvalue weighted by molar-refractivity contribution is 0.00430. The van der Waals surface area contributed by atoms with Crippen LogP contribution in [0.15, 0.2) is 0 Å². The molecule has 0 aromatic rings. The van der Waals surface area contributed by atoms with E-state index >= 15 is 0 Å². The van der Waals surface area contributed by atoms with Crippen LogP contribution in [0.25, 0.3) is 0 Å². The molecule has 2 aliphatic carbocycles. The van der Waals surface area contributed by atoms with Gasteiger partial charge in [0.05, 0.1) is 0 Å². The first-order valence-electron chi connectivity index (χ1n) is 6.06. The maximum Gasteiger partial charge on any atom is -0.0357 e. The minimum atomic E-state index is 0.563. The summed E-state index contributed by atoms with van der Waals surface area (Å²) in [4.78, 5) is 0. The second-order valence-corrected chi connectivity index (χ2v) is 6.47. The van der Waals surface area contributed by atoms with Gasteiger partial charge in [-0.25, -0.2) is 0 Å². The standard InChI is InChI=1S/C13H24/c1-13(2,3)9-11-8-10-6-4-5-7-12(10)11/h10-12H,4-9H2,1-3H3. The van der Waals surface area contributed by atoms with Gasteiger partial charge in [0.2, 0.25) is 0 Å². The van der Waals surface area contributed by atoms with Gasteiger partial charge in [0, 0.05) is 0 Å². The van der Waals surface area contributed by atoms with Crippen LogP contribution in [0.2, 0.25) is 0 Å². The largest absolute Gasteiger partial charge is 0.0602 e. The maximum absolute atomic E-state index is 2.39. The van der Waals surface area contributed by atoms with Gasteiger partial charge in [0.1, 0.15) is 0 Å². The Morgan fingerprint density at radius 1 is 1.08 bits per heavy atom. The lowest BCUT2D eigenvalue weighted by Gasteiger charge is -2.50. The summed E-state index contributed by atoms with van der Waals surface area (Å²) in [6.07, 6.45) is 9.15. The highest BCUT2D eigenvalue weighted by Crippen LogP contribution is 2.52. The van der Waals surface area contributed by atoms with Crippen molar-refractivity contribution >= 4 is 0 Å². The molecule has 0 spiro atoms. The Hall–Kier alpha value is 0. The van der Waals surface area contributed by atoms with E-state index in [-0.39, 0.29) is 0 Å². The molecule has 0 aromatic carbocycles. The van der Waals surface area contributed by atoms with Gasteiger partial charge in [-0.05, 0) is 42.4 Å². The van der Waals surface area contributed by atoms with Crippen LogP contribution in [-0.4, -0.2) is 0 Å². The van der Waals surface area contributed by atoms with Crippen LogP contribution in [0.3, 0.4) is 0 Å². The summed E-state index contributed by atoms with van der Waals surface area (Å²) in [5, 5.41) is 0. The molecule has 0 radical (unpaired) electrons. The van der Waals surface area contributed by atoms with Crippen LogP contribution >= 0.6 is 0 Å². The van der Waals surface area contributed by atoms with Crippen molar-refractivity contribution in [2.75, 3.05) is 0 Å². The van der Waals surface area contributed by atoms with Crippen molar-refractivity contribution in [3.05, 3.63) is 0 Å². The minimum absolute atomic E-state index is 0.563. The van der Waals surface area contributed by atoms with E-state index in [2.05, 4.69) is 20.8 Å². The van der Waals surface area contributed by atoms with Crippen LogP contribution < -0.4 is 0 Å². The molecule has 13 heavy (non-hydrogen) atoms. The first-order chi connectivity index (χ1) is 6.06. The topological polar surface area (TPSA) is 0 Å². The van der Waals surface area contributed by atoms with Crippen molar-refractivity contribution in [2.45, 2.75) is 59.3 Å². The van der Waals surface area contributed by atoms with Gasteiger partial charge in [-0.3, -0.25) is 0 Å². The van der Waals surface area contributed by atoms with Crippen LogP contribution in [0.4, 0.5) is 0 Å². The molecule has 0 heteroatoms. The fraction of sp³-hybridized carbons (Fsp3) is 1.00. The maximum atomic E-state index is 2.39. The number of hydrogen-bond acceptors (Lipinski definition) is 0. The van der Waals surface area contributed by atoms with Gasteiger partial charge in [-0.15, -0.1) is 0 Å². The van der Waals surface area contributed by atoms with Crippen LogP contribution in [0.5, 0.6) is 0 Å². The van der Waals surface area contributed by atoms with Crippen LogP contribution in [0.1, 0.15) is 59.3 Å².